The van der Waals surface area contributed by atoms with Crippen molar-refractivity contribution in [2.45, 2.75) is 26.8 Å². The molecule has 2 rings (SSSR count). The molecule has 0 radical (unpaired) electrons. The predicted octanol–water partition coefficient (Wildman–Crippen LogP) is 2.54. The second-order valence-corrected chi connectivity index (χ2v) is 8.83. The molecule has 0 bridgehead atoms. The second-order valence-electron chi connectivity index (χ2n) is 6.87. The predicted molar refractivity (Wildman–Crippen MR) is 99.4 cm³/mol. The molecule has 0 aliphatic carbocycles. The number of carbonyl (C=O) groups excluding carboxylic acids is 2. The summed E-state index contributed by atoms with van der Waals surface area (Å²) in [6.07, 6.45) is 0. The van der Waals surface area contributed by atoms with E-state index in [1.54, 1.807) is 16.2 Å². The van der Waals surface area contributed by atoms with E-state index >= 15 is 0 Å². The number of carbonyl (C=O) groups is 2. The summed E-state index contributed by atoms with van der Waals surface area (Å²) in [6, 6.07) is 4.04. The Kier molecular flexibility index (Phi) is 7.13. The smallest absolute Gasteiger partial charge is 0.232 e. The van der Waals surface area contributed by atoms with Gasteiger partial charge in [0.15, 0.2) is 0 Å². The van der Waals surface area contributed by atoms with Gasteiger partial charge in [0.25, 0.3) is 0 Å². The van der Waals surface area contributed by atoms with Crippen molar-refractivity contribution in [3.8, 4) is 0 Å². The van der Waals surface area contributed by atoms with Crippen molar-refractivity contribution in [3.63, 3.8) is 0 Å². The van der Waals surface area contributed by atoms with Crippen LogP contribution in [0.4, 0.5) is 0 Å². The normalized spacial score (nSPS) is 16.7. The topological polar surface area (TPSA) is 58.6 Å². The van der Waals surface area contributed by atoms with Crippen LogP contribution in [0.2, 0.25) is 0 Å². The third-order valence-corrected chi connectivity index (χ3v) is 5.68. The molecule has 7 heteroatoms. The molecule has 1 aromatic rings. The molecule has 0 aromatic carbocycles. The highest BCUT2D eigenvalue weighted by Gasteiger charge is 2.28. The Morgan fingerprint density at radius 3 is 2.62 bits per heavy atom. The number of ether oxygens (including phenoxy) is 1. The van der Waals surface area contributed by atoms with Gasteiger partial charge in [0.1, 0.15) is 0 Å². The first kappa shape index (κ1) is 19.3. The van der Waals surface area contributed by atoms with Crippen LogP contribution >= 0.6 is 23.1 Å². The quantitative estimate of drug-likeness (QED) is 0.836. The molecule has 24 heavy (non-hydrogen) atoms. The van der Waals surface area contributed by atoms with Crippen LogP contribution in [0.25, 0.3) is 0 Å². The van der Waals surface area contributed by atoms with Crippen molar-refractivity contribution in [1.29, 1.82) is 0 Å². The lowest BCUT2D eigenvalue weighted by Gasteiger charge is -2.31. The monoisotopic (exact) mass is 370 g/mol. The van der Waals surface area contributed by atoms with Gasteiger partial charge in [-0.15, -0.1) is 23.1 Å². The maximum atomic E-state index is 12.3. The highest BCUT2D eigenvalue weighted by atomic mass is 32.2. The van der Waals surface area contributed by atoms with Crippen molar-refractivity contribution < 1.29 is 14.3 Å². The van der Waals surface area contributed by atoms with Gasteiger partial charge in [-0.05, 0) is 16.9 Å². The Labute approximate surface area is 152 Å². The lowest BCUT2D eigenvalue weighted by molar-refractivity contribution is -0.132. The van der Waals surface area contributed by atoms with Gasteiger partial charge >= 0.3 is 0 Å². The first-order chi connectivity index (χ1) is 11.4. The summed E-state index contributed by atoms with van der Waals surface area (Å²) in [5.74, 6) is 0.700. The summed E-state index contributed by atoms with van der Waals surface area (Å²) in [6.45, 7) is 8.86. The molecule has 1 fully saturated rings. The van der Waals surface area contributed by atoms with E-state index in [2.05, 4.69) is 32.2 Å². The number of hydrogen-bond donors (Lipinski definition) is 1. The molecule has 2 amide bonds. The Balaban J connectivity index is 1.78. The summed E-state index contributed by atoms with van der Waals surface area (Å²) in [5.41, 5.74) is -0.0607. The van der Waals surface area contributed by atoms with Crippen LogP contribution in [0, 0.1) is 5.41 Å². The lowest BCUT2D eigenvalue weighted by atomic mass is 9.86. The van der Waals surface area contributed by atoms with E-state index in [0.29, 0.717) is 37.8 Å². The van der Waals surface area contributed by atoms with Gasteiger partial charge in [0.05, 0.1) is 30.8 Å². The van der Waals surface area contributed by atoms with Crippen LogP contribution in [-0.4, -0.2) is 54.5 Å². The van der Waals surface area contributed by atoms with Crippen LogP contribution in [0.15, 0.2) is 17.5 Å². The second kappa shape index (κ2) is 8.87. The molecule has 134 valence electrons. The number of nitrogens with one attached hydrogen (secondary N) is 1. The number of hydrogen-bond acceptors (Lipinski definition) is 5. The zero-order valence-corrected chi connectivity index (χ0v) is 16.2. The maximum absolute atomic E-state index is 12.3. The zero-order chi connectivity index (χ0) is 17.6. The van der Waals surface area contributed by atoms with Gasteiger partial charge in [-0.25, -0.2) is 0 Å². The van der Waals surface area contributed by atoms with Crippen molar-refractivity contribution in [2.75, 3.05) is 37.8 Å². The number of morpholine rings is 1. The van der Waals surface area contributed by atoms with Crippen LogP contribution in [0.1, 0.15) is 31.7 Å². The molecular weight excluding hydrogens is 344 g/mol. The molecule has 5 nitrogen and oxygen atoms in total. The number of thioether (sulfide) groups is 1. The number of thiophene rings is 1. The van der Waals surface area contributed by atoms with E-state index < -0.39 is 0 Å². The van der Waals surface area contributed by atoms with Gasteiger partial charge in [-0.1, -0.05) is 26.8 Å². The molecule has 2 heterocycles. The summed E-state index contributed by atoms with van der Waals surface area (Å²) in [5, 5.41) is 5.14. The van der Waals surface area contributed by atoms with Crippen LogP contribution in [0.3, 0.4) is 0 Å². The lowest BCUT2D eigenvalue weighted by Crippen LogP contribution is -2.42. The third-order valence-electron chi connectivity index (χ3n) is 3.82. The minimum Gasteiger partial charge on any atom is -0.378 e. The zero-order valence-electron chi connectivity index (χ0n) is 14.5. The fraction of sp³-hybridized carbons (Fsp3) is 0.647. The first-order valence-corrected chi connectivity index (χ1v) is 10.2. The molecular formula is C17H26N2O3S2. The standard InChI is InChI=1S/C17H26N2O3S2/c1-17(2,3)16(13-5-4-10-24-13)18-14(20)11-23-12-15(21)19-6-8-22-9-7-19/h4-5,10,16H,6-9,11-12H2,1-3H3,(H,18,20). The van der Waals surface area contributed by atoms with E-state index in [1.807, 2.05) is 11.4 Å². The van der Waals surface area contributed by atoms with Crippen LogP contribution in [0.5, 0.6) is 0 Å². The van der Waals surface area contributed by atoms with Gasteiger partial charge in [0, 0.05) is 18.0 Å². The van der Waals surface area contributed by atoms with Crippen molar-refractivity contribution >= 4 is 34.9 Å². The van der Waals surface area contributed by atoms with Crippen molar-refractivity contribution in [2.24, 2.45) is 5.41 Å². The molecule has 1 unspecified atom stereocenters. The van der Waals surface area contributed by atoms with Crippen LogP contribution < -0.4 is 5.32 Å². The minimum atomic E-state index is -0.0607. The first-order valence-electron chi connectivity index (χ1n) is 8.14. The molecule has 1 atom stereocenters. The van der Waals surface area contributed by atoms with E-state index in [9.17, 15) is 9.59 Å². The minimum absolute atomic E-state index is 0.0134. The molecule has 1 aliphatic heterocycles. The summed E-state index contributed by atoms with van der Waals surface area (Å²) in [7, 11) is 0. The molecule has 1 aromatic heterocycles. The number of rotatable bonds is 6. The average molecular weight is 371 g/mol. The fourth-order valence-electron chi connectivity index (χ4n) is 2.51. The van der Waals surface area contributed by atoms with Crippen molar-refractivity contribution in [1.82, 2.24) is 10.2 Å². The Morgan fingerprint density at radius 1 is 1.33 bits per heavy atom. The van der Waals surface area contributed by atoms with E-state index in [0.717, 1.165) is 4.88 Å². The van der Waals surface area contributed by atoms with Crippen LogP contribution in [-0.2, 0) is 14.3 Å². The maximum Gasteiger partial charge on any atom is 0.232 e. The van der Waals surface area contributed by atoms with E-state index in [4.69, 9.17) is 4.74 Å². The van der Waals surface area contributed by atoms with Gasteiger partial charge in [-0.2, -0.15) is 0 Å². The summed E-state index contributed by atoms with van der Waals surface area (Å²) in [4.78, 5) is 27.3. The van der Waals surface area contributed by atoms with Gasteiger partial charge < -0.3 is 15.0 Å². The largest absolute Gasteiger partial charge is 0.378 e. The van der Waals surface area contributed by atoms with Gasteiger partial charge in [-0.3, -0.25) is 9.59 Å². The molecule has 1 aliphatic rings. The molecule has 1 saturated heterocycles. The Hall–Kier alpha value is -1.05. The van der Waals surface area contributed by atoms with Gasteiger partial charge in [0.2, 0.25) is 11.8 Å². The van der Waals surface area contributed by atoms with E-state index in [1.165, 1.54) is 11.8 Å². The highest BCUT2D eigenvalue weighted by molar-refractivity contribution is 8.00. The average Bonchev–Trinajstić information content (AvgIpc) is 3.06. The third kappa shape index (κ3) is 5.79. The molecule has 0 spiro atoms. The number of nitrogens with zero attached hydrogens (tertiary/aromatic N) is 1. The summed E-state index contributed by atoms with van der Waals surface area (Å²) >= 11 is 3.03. The molecule has 0 saturated carbocycles. The summed E-state index contributed by atoms with van der Waals surface area (Å²) < 4.78 is 5.24. The Bertz CT molecular complexity index is 535. The van der Waals surface area contributed by atoms with E-state index in [-0.39, 0.29) is 23.3 Å². The highest BCUT2D eigenvalue weighted by Crippen LogP contribution is 2.35. The fourth-order valence-corrected chi connectivity index (χ4v) is 4.26. The molecule has 1 N–H and O–H groups in total. The Morgan fingerprint density at radius 2 is 2.04 bits per heavy atom. The SMILES string of the molecule is CC(C)(C)C(NC(=O)CSCC(=O)N1CCOCC1)c1cccs1. The number of amides is 2. The van der Waals surface area contributed by atoms with Crippen molar-refractivity contribution in [3.05, 3.63) is 22.4 Å².